The molecule has 3 heterocycles. The van der Waals surface area contributed by atoms with Gasteiger partial charge in [0.1, 0.15) is 5.65 Å². The number of nitrogens with zero attached hydrogens (tertiary/aromatic N) is 2. The Hall–Kier alpha value is -3.73. The van der Waals surface area contributed by atoms with E-state index >= 15 is 0 Å². The Morgan fingerprint density at radius 1 is 1.08 bits per heavy atom. The smallest absolute Gasteiger partial charge is 0.247 e. The van der Waals surface area contributed by atoms with Crippen molar-refractivity contribution in [2.45, 2.75) is 0 Å². The summed E-state index contributed by atoms with van der Waals surface area (Å²) in [5.74, 6) is -0.235. The summed E-state index contributed by atoms with van der Waals surface area (Å²) in [6, 6.07) is 13.7. The molecule has 0 saturated heterocycles. The standard InChI is InChI=1S/C21H16N4O/c1-2-20(26)25-17-5-3-4-15(10-17)16-11-18-19(13-24-21(18)23-12-16)14-6-8-22-9-7-14/h2-13H,1H2,(H,23,24)(H,25,26). The molecule has 1 aromatic carbocycles. The van der Waals surface area contributed by atoms with Gasteiger partial charge in [0.15, 0.2) is 0 Å². The van der Waals surface area contributed by atoms with Crippen LogP contribution < -0.4 is 5.32 Å². The van der Waals surface area contributed by atoms with E-state index in [1.807, 2.05) is 48.8 Å². The molecule has 26 heavy (non-hydrogen) atoms. The maximum atomic E-state index is 11.5. The lowest BCUT2D eigenvalue weighted by Gasteiger charge is -2.07. The van der Waals surface area contributed by atoms with Crippen LogP contribution in [0.2, 0.25) is 0 Å². The molecular weight excluding hydrogens is 324 g/mol. The number of hydrogen-bond acceptors (Lipinski definition) is 3. The fourth-order valence-corrected chi connectivity index (χ4v) is 2.90. The molecule has 5 nitrogen and oxygen atoms in total. The maximum Gasteiger partial charge on any atom is 0.247 e. The summed E-state index contributed by atoms with van der Waals surface area (Å²) in [5.41, 5.74) is 5.66. The third kappa shape index (κ3) is 2.98. The van der Waals surface area contributed by atoms with Gasteiger partial charge in [0.25, 0.3) is 0 Å². The number of rotatable bonds is 4. The number of aromatic nitrogens is 3. The third-order valence-corrected chi connectivity index (χ3v) is 4.17. The number of H-pyrrole nitrogens is 1. The molecule has 0 bridgehead atoms. The number of anilines is 1. The van der Waals surface area contributed by atoms with Gasteiger partial charge in [-0.25, -0.2) is 4.98 Å². The zero-order valence-electron chi connectivity index (χ0n) is 13.9. The van der Waals surface area contributed by atoms with Crippen molar-refractivity contribution in [2.24, 2.45) is 0 Å². The van der Waals surface area contributed by atoms with Crippen LogP contribution in [0.1, 0.15) is 0 Å². The minimum Gasteiger partial charge on any atom is -0.346 e. The topological polar surface area (TPSA) is 70.7 Å². The highest BCUT2D eigenvalue weighted by molar-refractivity contribution is 5.99. The van der Waals surface area contributed by atoms with Crippen molar-refractivity contribution in [3.8, 4) is 22.3 Å². The second kappa shape index (κ2) is 6.64. The molecule has 0 aliphatic heterocycles. The second-order valence-electron chi connectivity index (χ2n) is 5.83. The van der Waals surface area contributed by atoms with Crippen LogP contribution in [0.3, 0.4) is 0 Å². The van der Waals surface area contributed by atoms with E-state index in [2.05, 4.69) is 32.9 Å². The van der Waals surface area contributed by atoms with Gasteiger partial charge in [-0.3, -0.25) is 9.78 Å². The molecule has 2 N–H and O–H groups in total. The Bertz CT molecular complexity index is 1100. The molecule has 0 atom stereocenters. The van der Waals surface area contributed by atoms with E-state index in [9.17, 15) is 4.79 Å². The van der Waals surface area contributed by atoms with Crippen LogP contribution >= 0.6 is 0 Å². The minimum absolute atomic E-state index is 0.235. The fraction of sp³-hybridized carbons (Fsp3) is 0. The third-order valence-electron chi connectivity index (χ3n) is 4.17. The number of amides is 1. The van der Waals surface area contributed by atoms with Crippen LogP contribution in [-0.4, -0.2) is 20.9 Å². The Morgan fingerprint density at radius 3 is 2.73 bits per heavy atom. The van der Waals surface area contributed by atoms with E-state index in [1.54, 1.807) is 12.4 Å². The van der Waals surface area contributed by atoms with Crippen molar-refractivity contribution in [3.05, 3.63) is 79.9 Å². The molecule has 0 spiro atoms. The number of pyridine rings is 2. The van der Waals surface area contributed by atoms with Crippen molar-refractivity contribution in [2.75, 3.05) is 5.32 Å². The summed E-state index contributed by atoms with van der Waals surface area (Å²) < 4.78 is 0. The summed E-state index contributed by atoms with van der Waals surface area (Å²) in [4.78, 5) is 23.3. The first-order valence-electron chi connectivity index (χ1n) is 8.16. The van der Waals surface area contributed by atoms with E-state index < -0.39 is 0 Å². The highest BCUT2D eigenvalue weighted by atomic mass is 16.1. The van der Waals surface area contributed by atoms with E-state index in [0.717, 1.165) is 39.0 Å². The summed E-state index contributed by atoms with van der Waals surface area (Å²) in [5, 5.41) is 3.82. The van der Waals surface area contributed by atoms with Crippen LogP contribution in [0.15, 0.2) is 79.9 Å². The van der Waals surface area contributed by atoms with Gasteiger partial charge >= 0.3 is 0 Å². The predicted octanol–water partition coefficient (Wildman–Crippen LogP) is 4.42. The Morgan fingerprint density at radius 2 is 1.92 bits per heavy atom. The van der Waals surface area contributed by atoms with E-state index in [0.29, 0.717) is 0 Å². The Labute approximate surface area is 150 Å². The molecule has 0 aliphatic rings. The fourth-order valence-electron chi connectivity index (χ4n) is 2.90. The maximum absolute atomic E-state index is 11.5. The van der Waals surface area contributed by atoms with Crippen LogP contribution in [0, 0.1) is 0 Å². The minimum atomic E-state index is -0.235. The zero-order chi connectivity index (χ0) is 17.9. The van der Waals surface area contributed by atoms with Crippen molar-refractivity contribution < 1.29 is 4.79 Å². The number of fused-ring (bicyclic) bond motifs is 1. The van der Waals surface area contributed by atoms with Crippen molar-refractivity contribution in [1.82, 2.24) is 15.0 Å². The van der Waals surface area contributed by atoms with Gasteiger partial charge in [-0.1, -0.05) is 18.7 Å². The largest absolute Gasteiger partial charge is 0.346 e. The SMILES string of the molecule is C=CC(=O)Nc1cccc(-c2cnc3[nH]cc(-c4ccncc4)c3c2)c1. The molecule has 3 aromatic heterocycles. The van der Waals surface area contributed by atoms with Crippen LogP contribution in [0.4, 0.5) is 5.69 Å². The van der Waals surface area contributed by atoms with Crippen molar-refractivity contribution in [3.63, 3.8) is 0 Å². The summed E-state index contributed by atoms with van der Waals surface area (Å²) in [6.45, 7) is 3.47. The Balaban J connectivity index is 1.77. The highest BCUT2D eigenvalue weighted by Gasteiger charge is 2.09. The average Bonchev–Trinajstić information content (AvgIpc) is 3.12. The van der Waals surface area contributed by atoms with Gasteiger partial charge in [-0.15, -0.1) is 0 Å². The van der Waals surface area contributed by atoms with E-state index in [-0.39, 0.29) is 5.91 Å². The molecule has 5 heteroatoms. The van der Waals surface area contributed by atoms with Crippen LogP contribution in [-0.2, 0) is 4.79 Å². The van der Waals surface area contributed by atoms with Crippen molar-refractivity contribution in [1.29, 1.82) is 0 Å². The van der Waals surface area contributed by atoms with Crippen LogP contribution in [0.5, 0.6) is 0 Å². The van der Waals surface area contributed by atoms with Crippen molar-refractivity contribution >= 4 is 22.6 Å². The second-order valence-corrected chi connectivity index (χ2v) is 5.83. The molecule has 4 rings (SSSR count). The molecule has 0 radical (unpaired) electrons. The van der Waals surface area contributed by atoms with Crippen LogP contribution in [0.25, 0.3) is 33.3 Å². The lowest BCUT2D eigenvalue weighted by Crippen LogP contribution is -2.06. The Kier molecular flexibility index (Phi) is 4.03. The zero-order valence-corrected chi connectivity index (χ0v) is 13.9. The van der Waals surface area contributed by atoms with Gasteiger partial charge < -0.3 is 10.3 Å². The lowest BCUT2D eigenvalue weighted by molar-refractivity contribution is -0.111. The molecular formula is C21H16N4O. The van der Waals surface area contributed by atoms with E-state index in [4.69, 9.17) is 0 Å². The molecule has 4 aromatic rings. The molecule has 1 amide bonds. The first-order valence-corrected chi connectivity index (χ1v) is 8.16. The number of aromatic amines is 1. The lowest BCUT2D eigenvalue weighted by atomic mass is 10.0. The molecule has 126 valence electrons. The summed E-state index contributed by atoms with van der Waals surface area (Å²) >= 11 is 0. The first-order chi connectivity index (χ1) is 12.7. The molecule has 0 fully saturated rings. The van der Waals surface area contributed by atoms with E-state index in [1.165, 1.54) is 6.08 Å². The molecule has 0 unspecified atom stereocenters. The summed E-state index contributed by atoms with van der Waals surface area (Å²) in [7, 11) is 0. The number of carbonyl (C=O) groups excluding carboxylic acids is 1. The number of nitrogens with one attached hydrogen (secondary N) is 2. The summed E-state index contributed by atoms with van der Waals surface area (Å²) in [6.07, 6.45) is 8.58. The number of hydrogen-bond donors (Lipinski definition) is 2. The van der Waals surface area contributed by atoms with Gasteiger partial charge in [0.2, 0.25) is 5.91 Å². The van der Waals surface area contributed by atoms with Gasteiger partial charge in [0.05, 0.1) is 0 Å². The average molecular weight is 340 g/mol. The van der Waals surface area contributed by atoms with Gasteiger partial charge in [0, 0.05) is 47.0 Å². The van der Waals surface area contributed by atoms with Gasteiger partial charge in [-0.2, -0.15) is 0 Å². The number of benzene rings is 1. The normalized spacial score (nSPS) is 10.6. The molecule has 0 aliphatic carbocycles. The first kappa shape index (κ1) is 15.8. The molecule has 0 saturated carbocycles. The monoisotopic (exact) mass is 340 g/mol. The quantitative estimate of drug-likeness (QED) is 0.540. The van der Waals surface area contributed by atoms with Gasteiger partial charge in [-0.05, 0) is 47.5 Å². The number of carbonyl (C=O) groups is 1. The predicted molar refractivity (Wildman–Crippen MR) is 104 cm³/mol. The highest BCUT2D eigenvalue weighted by Crippen LogP contribution is 2.31.